The van der Waals surface area contributed by atoms with Crippen LogP contribution in [0.3, 0.4) is 0 Å². The van der Waals surface area contributed by atoms with Gasteiger partial charge in [-0.3, -0.25) is 4.79 Å². The number of aromatic nitrogens is 2. The molecule has 100 valence electrons. The van der Waals surface area contributed by atoms with Gasteiger partial charge < -0.3 is 5.32 Å². The second-order valence-corrected chi connectivity index (χ2v) is 5.30. The van der Waals surface area contributed by atoms with Crippen LogP contribution in [0.15, 0.2) is 60.2 Å². The highest BCUT2D eigenvalue weighted by molar-refractivity contribution is 7.09. The van der Waals surface area contributed by atoms with Crippen LogP contribution < -0.4 is 5.32 Å². The fourth-order valence-electron chi connectivity index (χ4n) is 1.84. The molecule has 0 spiro atoms. The molecule has 0 saturated carbocycles. The first-order valence-electron chi connectivity index (χ1n) is 6.23. The fraction of sp³-hybridized carbons (Fsp3) is 0.0667. The van der Waals surface area contributed by atoms with Gasteiger partial charge >= 0.3 is 0 Å². The normalized spacial score (nSPS) is 10.4. The van der Waals surface area contributed by atoms with E-state index in [0.717, 1.165) is 10.6 Å². The minimum absolute atomic E-state index is 0.111. The summed E-state index contributed by atoms with van der Waals surface area (Å²) in [4.78, 5) is 13.2. The van der Waals surface area contributed by atoms with Crippen LogP contribution in [0.2, 0.25) is 0 Å². The topological polar surface area (TPSA) is 46.9 Å². The Kier molecular flexibility index (Phi) is 3.60. The van der Waals surface area contributed by atoms with Crippen molar-refractivity contribution in [3.8, 4) is 5.69 Å². The molecule has 5 heteroatoms. The Labute approximate surface area is 120 Å². The van der Waals surface area contributed by atoms with Crippen LogP contribution in [0, 0.1) is 0 Å². The summed E-state index contributed by atoms with van der Waals surface area (Å²) in [6.07, 6.45) is 3.32. The van der Waals surface area contributed by atoms with E-state index >= 15 is 0 Å². The zero-order valence-electron chi connectivity index (χ0n) is 10.7. The van der Waals surface area contributed by atoms with E-state index in [0.29, 0.717) is 12.1 Å². The van der Waals surface area contributed by atoms with Gasteiger partial charge in [-0.1, -0.05) is 24.3 Å². The van der Waals surface area contributed by atoms with E-state index in [-0.39, 0.29) is 5.91 Å². The lowest BCUT2D eigenvalue weighted by Gasteiger charge is -2.01. The van der Waals surface area contributed by atoms with E-state index in [2.05, 4.69) is 10.4 Å². The molecule has 1 amide bonds. The van der Waals surface area contributed by atoms with Gasteiger partial charge in [-0.05, 0) is 23.6 Å². The maximum Gasteiger partial charge on any atom is 0.254 e. The molecule has 0 saturated heterocycles. The number of carbonyl (C=O) groups excluding carboxylic acids is 1. The summed E-state index contributed by atoms with van der Waals surface area (Å²) in [5, 5.41) is 9.09. The van der Waals surface area contributed by atoms with Crippen molar-refractivity contribution in [1.82, 2.24) is 15.1 Å². The molecule has 20 heavy (non-hydrogen) atoms. The van der Waals surface area contributed by atoms with Gasteiger partial charge in [-0.25, -0.2) is 4.68 Å². The van der Waals surface area contributed by atoms with Crippen molar-refractivity contribution < 1.29 is 4.79 Å². The van der Waals surface area contributed by atoms with E-state index in [1.54, 1.807) is 28.4 Å². The van der Waals surface area contributed by atoms with Crippen LogP contribution in [-0.4, -0.2) is 15.7 Å². The predicted molar refractivity (Wildman–Crippen MR) is 79.1 cm³/mol. The van der Waals surface area contributed by atoms with Crippen LogP contribution >= 0.6 is 11.3 Å². The van der Waals surface area contributed by atoms with Crippen LogP contribution in [0.5, 0.6) is 0 Å². The van der Waals surface area contributed by atoms with Crippen molar-refractivity contribution in [3.63, 3.8) is 0 Å². The number of amides is 1. The van der Waals surface area contributed by atoms with E-state index < -0.39 is 0 Å². The Hall–Kier alpha value is -2.40. The highest BCUT2D eigenvalue weighted by atomic mass is 32.1. The molecule has 2 aromatic heterocycles. The molecule has 0 unspecified atom stereocenters. The second kappa shape index (κ2) is 5.71. The molecule has 0 aliphatic rings. The summed E-state index contributed by atoms with van der Waals surface area (Å²) in [5.41, 5.74) is 1.50. The van der Waals surface area contributed by atoms with E-state index in [4.69, 9.17) is 0 Å². The molecule has 0 aliphatic heterocycles. The Morgan fingerprint density at radius 2 is 2.05 bits per heavy atom. The SMILES string of the molecule is O=C(NCc1cccs1)c1cnn(-c2ccccc2)c1. The number of hydrogen-bond acceptors (Lipinski definition) is 3. The third kappa shape index (κ3) is 2.78. The standard InChI is InChI=1S/C15H13N3OS/c19-15(16-10-14-7-4-8-20-14)12-9-17-18(11-12)13-5-2-1-3-6-13/h1-9,11H,10H2,(H,16,19). The van der Waals surface area contributed by atoms with Gasteiger partial charge in [0.05, 0.1) is 24.0 Å². The van der Waals surface area contributed by atoms with Gasteiger partial charge in [0.1, 0.15) is 0 Å². The maximum atomic E-state index is 12.0. The molecule has 3 aromatic rings. The lowest BCUT2D eigenvalue weighted by molar-refractivity contribution is 0.0951. The van der Waals surface area contributed by atoms with Crippen molar-refractivity contribution in [2.24, 2.45) is 0 Å². The van der Waals surface area contributed by atoms with E-state index in [9.17, 15) is 4.79 Å². The molecule has 2 heterocycles. The molecule has 0 bridgehead atoms. The Morgan fingerprint density at radius 1 is 1.20 bits per heavy atom. The van der Waals surface area contributed by atoms with Gasteiger partial charge in [-0.15, -0.1) is 11.3 Å². The lowest BCUT2D eigenvalue weighted by Crippen LogP contribution is -2.21. The van der Waals surface area contributed by atoms with Gasteiger partial charge in [0, 0.05) is 11.1 Å². The molecule has 0 atom stereocenters. The second-order valence-electron chi connectivity index (χ2n) is 4.27. The van der Waals surface area contributed by atoms with Crippen LogP contribution in [0.25, 0.3) is 5.69 Å². The Balaban J connectivity index is 1.69. The number of para-hydroxylation sites is 1. The molecule has 4 nitrogen and oxygen atoms in total. The minimum Gasteiger partial charge on any atom is -0.347 e. The summed E-state index contributed by atoms with van der Waals surface area (Å²) >= 11 is 1.63. The molecule has 3 rings (SSSR count). The van der Waals surface area contributed by atoms with E-state index in [1.807, 2.05) is 47.8 Å². The molecular weight excluding hydrogens is 270 g/mol. The number of carbonyl (C=O) groups is 1. The number of nitrogens with zero attached hydrogens (tertiary/aromatic N) is 2. The van der Waals surface area contributed by atoms with Crippen molar-refractivity contribution in [2.45, 2.75) is 6.54 Å². The molecule has 0 fully saturated rings. The molecule has 1 aromatic carbocycles. The summed E-state index contributed by atoms with van der Waals surface area (Å²) in [6.45, 7) is 0.549. The van der Waals surface area contributed by atoms with Gasteiger partial charge in [0.15, 0.2) is 0 Å². The summed E-state index contributed by atoms with van der Waals surface area (Å²) in [7, 11) is 0. The molecule has 0 radical (unpaired) electrons. The molecular formula is C15H13N3OS. The van der Waals surface area contributed by atoms with Gasteiger partial charge in [-0.2, -0.15) is 5.10 Å². The predicted octanol–water partition coefficient (Wildman–Crippen LogP) is 2.86. The maximum absolute atomic E-state index is 12.0. The van der Waals surface area contributed by atoms with Crippen LogP contribution in [-0.2, 0) is 6.54 Å². The summed E-state index contributed by atoms with van der Waals surface area (Å²) in [5.74, 6) is -0.111. The quantitative estimate of drug-likeness (QED) is 0.800. The number of nitrogens with one attached hydrogen (secondary N) is 1. The van der Waals surface area contributed by atoms with Crippen LogP contribution in [0.1, 0.15) is 15.2 Å². The fourth-order valence-corrected chi connectivity index (χ4v) is 2.49. The van der Waals surface area contributed by atoms with Crippen molar-refractivity contribution in [1.29, 1.82) is 0 Å². The van der Waals surface area contributed by atoms with E-state index in [1.165, 1.54) is 0 Å². The number of hydrogen-bond donors (Lipinski definition) is 1. The largest absolute Gasteiger partial charge is 0.347 e. The first kappa shape index (κ1) is 12.6. The Bertz CT molecular complexity index is 689. The first-order valence-corrected chi connectivity index (χ1v) is 7.11. The average molecular weight is 283 g/mol. The van der Waals surface area contributed by atoms with Gasteiger partial charge in [0.25, 0.3) is 5.91 Å². The third-order valence-electron chi connectivity index (χ3n) is 2.87. The number of rotatable bonds is 4. The summed E-state index contributed by atoms with van der Waals surface area (Å²) < 4.78 is 1.69. The molecule has 1 N–H and O–H groups in total. The average Bonchev–Trinajstić information content (AvgIpc) is 3.17. The Morgan fingerprint density at radius 3 is 2.80 bits per heavy atom. The van der Waals surface area contributed by atoms with Gasteiger partial charge in [0.2, 0.25) is 0 Å². The number of benzene rings is 1. The highest BCUT2D eigenvalue weighted by Gasteiger charge is 2.09. The monoisotopic (exact) mass is 283 g/mol. The highest BCUT2D eigenvalue weighted by Crippen LogP contribution is 2.10. The summed E-state index contributed by atoms with van der Waals surface area (Å²) in [6, 6.07) is 13.7. The van der Waals surface area contributed by atoms with Crippen molar-refractivity contribution in [3.05, 3.63) is 70.7 Å². The zero-order chi connectivity index (χ0) is 13.8. The smallest absolute Gasteiger partial charge is 0.254 e. The molecule has 0 aliphatic carbocycles. The van der Waals surface area contributed by atoms with Crippen LogP contribution in [0.4, 0.5) is 0 Å². The van der Waals surface area contributed by atoms with Crippen molar-refractivity contribution >= 4 is 17.2 Å². The lowest BCUT2D eigenvalue weighted by atomic mass is 10.3. The number of thiophene rings is 1. The minimum atomic E-state index is -0.111. The zero-order valence-corrected chi connectivity index (χ0v) is 11.5. The first-order chi connectivity index (χ1) is 9.83. The third-order valence-corrected chi connectivity index (χ3v) is 3.75. The van der Waals surface area contributed by atoms with Crippen molar-refractivity contribution in [2.75, 3.05) is 0 Å².